The van der Waals surface area contributed by atoms with E-state index < -0.39 is 6.04 Å². The van der Waals surface area contributed by atoms with E-state index in [2.05, 4.69) is 0 Å². The van der Waals surface area contributed by atoms with Gasteiger partial charge in [0.25, 0.3) is 11.5 Å². The first-order valence-corrected chi connectivity index (χ1v) is 12.7. The number of fused-ring (bicyclic) bond motifs is 1. The highest BCUT2D eigenvalue weighted by Gasteiger charge is 2.34. The third-order valence-electron chi connectivity index (χ3n) is 6.22. The van der Waals surface area contributed by atoms with Gasteiger partial charge in [0.2, 0.25) is 0 Å². The van der Waals surface area contributed by atoms with Crippen LogP contribution in [0.25, 0.3) is 6.08 Å². The van der Waals surface area contributed by atoms with Gasteiger partial charge in [0.1, 0.15) is 5.75 Å². The van der Waals surface area contributed by atoms with Crippen molar-refractivity contribution in [3.8, 4) is 5.75 Å². The summed E-state index contributed by atoms with van der Waals surface area (Å²) >= 11 is 7.46. The van der Waals surface area contributed by atoms with Gasteiger partial charge in [0.15, 0.2) is 4.80 Å². The zero-order chi connectivity index (χ0) is 25.3. The molecule has 2 heterocycles. The highest BCUT2D eigenvalue weighted by atomic mass is 35.5. The monoisotopic (exact) mass is 509 g/mol. The minimum atomic E-state index is -0.591. The Hall–Kier alpha value is -3.16. The third kappa shape index (κ3) is 4.70. The van der Waals surface area contributed by atoms with E-state index in [1.165, 1.54) is 11.3 Å². The molecule has 6 nitrogen and oxygen atoms in total. The second-order valence-corrected chi connectivity index (χ2v) is 9.79. The predicted molar refractivity (Wildman–Crippen MR) is 141 cm³/mol. The molecule has 4 rings (SSSR count). The molecule has 2 aromatic carbocycles. The van der Waals surface area contributed by atoms with Crippen LogP contribution in [0.1, 0.15) is 43.5 Å². The Morgan fingerprint density at radius 3 is 2.49 bits per heavy atom. The van der Waals surface area contributed by atoms with Crippen molar-refractivity contribution in [1.82, 2.24) is 9.47 Å². The van der Waals surface area contributed by atoms with E-state index >= 15 is 0 Å². The molecule has 0 unspecified atom stereocenters. The summed E-state index contributed by atoms with van der Waals surface area (Å²) in [6.07, 6.45) is 1.84. The number of allylic oxidation sites excluding steroid dienone is 1. The van der Waals surface area contributed by atoms with E-state index in [1.54, 1.807) is 28.7 Å². The van der Waals surface area contributed by atoms with Gasteiger partial charge in [-0.2, -0.15) is 0 Å². The maximum atomic E-state index is 13.8. The topological polar surface area (TPSA) is 63.9 Å². The molecule has 1 amide bonds. The SMILES string of the molecule is CCN(CC)C(=O)C1=C(C)N=c2s/c(=C/c3ccc(C)c(OC)c3)c(=O)n2[C@@H]1c1ccc(Cl)cc1. The number of ether oxygens (including phenoxy) is 1. The number of amides is 1. The number of hydrogen-bond donors (Lipinski definition) is 0. The molecule has 0 fully saturated rings. The van der Waals surface area contributed by atoms with Crippen LogP contribution in [0.15, 0.2) is 63.5 Å². The molecule has 182 valence electrons. The fourth-order valence-corrected chi connectivity index (χ4v) is 5.49. The number of aryl methyl sites for hydroxylation is 1. The van der Waals surface area contributed by atoms with Crippen molar-refractivity contribution >= 4 is 34.9 Å². The van der Waals surface area contributed by atoms with Crippen molar-refractivity contribution in [3.63, 3.8) is 0 Å². The lowest BCUT2D eigenvalue weighted by Gasteiger charge is -2.29. The lowest BCUT2D eigenvalue weighted by Crippen LogP contribution is -2.43. The zero-order valence-electron chi connectivity index (χ0n) is 20.5. The fraction of sp³-hybridized carbons (Fsp3) is 0.296. The van der Waals surface area contributed by atoms with Crippen LogP contribution in [0.3, 0.4) is 0 Å². The summed E-state index contributed by atoms with van der Waals surface area (Å²) in [6.45, 7) is 8.83. The molecule has 0 N–H and O–H groups in total. The van der Waals surface area contributed by atoms with Crippen LogP contribution in [0, 0.1) is 6.92 Å². The molecule has 0 bridgehead atoms. The summed E-state index contributed by atoms with van der Waals surface area (Å²) in [5, 5.41) is 0.590. The number of thiazole rings is 1. The number of likely N-dealkylation sites (N-methyl/N-ethyl adjacent to an activating group) is 1. The average Bonchev–Trinajstić information content (AvgIpc) is 3.15. The first-order valence-electron chi connectivity index (χ1n) is 11.5. The first-order chi connectivity index (χ1) is 16.8. The van der Waals surface area contributed by atoms with Gasteiger partial charge < -0.3 is 9.64 Å². The molecule has 8 heteroatoms. The molecule has 1 atom stereocenters. The number of hydrogen-bond acceptors (Lipinski definition) is 5. The van der Waals surface area contributed by atoms with Gasteiger partial charge >= 0.3 is 0 Å². The number of nitrogens with zero attached hydrogens (tertiary/aromatic N) is 3. The number of aromatic nitrogens is 1. The first kappa shape index (κ1) is 24.9. The molecule has 35 heavy (non-hydrogen) atoms. The van der Waals surface area contributed by atoms with Crippen molar-refractivity contribution in [2.45, 2.75) is 33.7 Å². The molecule has 3 aromatic rings. The zero-order valence-corrected chi connectivity index (χ0v) is 22.0. The predicted octanol–water partition coefficient (Wildman–Crippen LogP) is 4.07. The lowest BCUT2D eigenvalue weighted by atomic mass is 9.94. The standard InChI is InChI=1S/C27H28ClN3O3S/c1-6-30(7-2)26(33)23-17(4)29-27-31(24(23)19-10-12-20(28)13-11-19)25(32)22(35-27)15-18-9-8-16(3)21(14-18)34-5/h8-15,24H,6-7H2,1-5H3/b22-15+/t24-/m1/s1. The van der Waals surface area contributed by atoms with E-state index in [9.17, 15) is 9.59 Å². The number of carbonyl (C=O) groups is 1. The van der Waals surface area contributed by atoms with E-state index in [1.807, 2.05) is 64.1 Å². The van der Waals surface area contributed by atoms with Crippen LogP contribution < -0.4 is 19.6 Å². The maximum Gasteiger partial charge on any atom is 0.271 e. The Bertz CT molecular complexity index is 1480. The molecule has 0 radical (unpaired) electrons. The lowest BCUT2D eigenvalue weighted by molar-refractivity contribution is -0.127. The van der Waals surface area contributed by atoms with Crippen molar-refractivity contribution in [3.05, 3.63) is 95.1 Å². The molecular formula is C27H28ClN3O3S. The second-order valence-electron chi connectivity index (χ2n) is 8.34. The number of methoxy groups -OCH3 is 1. The molecule has 0 saturated heterocycles. The molecule has 0 saturated carbocycles. The van der Waals surface area contributed by atoms with Crippen LogP contribution in [-0.4, -0.2) is 35.6 Å². The molecule has 1 aromatic heterocycles. The molecule has 1 aliphatic rings. The highest BCUT2D eigenvalue weighted by molar-refractivity contribution is 7.07. The van der Waals surface area contributed by atoms with Crippen LogP contribution in [0.4, 0.5) is 0 Å². The van der Waals surface area contributed by atoms with Gasteiger partial charge in [0, 0.05) is 18.1 Å². The van der Waals surface area contributed by atoms with Gasteiger partial charge in [-0.3, -0.25) is 14.2 Å². The Kier molecular flexibility index (Phi) is 7.28. The molecule has 0 aliphatic carbocycles. The largest absolute Gasteiger partial charge is 0.496 e. The van der Waals surface area contributed by atoms with Crippen molar-refractivity contribution in [2.24, 2.45) is 4.99 Å². The summed E-state index contributed by atoms with van der Waals surface area (Å²) in [4.78, 5) is 34.4. The number of rotatable bonds is 6. The summed E-state index contributed by atoms with van der Waals surface area (Å²) in [5.74, 6) is 0.641. The summed E-state index contributed by atoms with van der Waals surface area (Å²) in [5.41, 5.74) is 3.62. The van der Waals surface area contributed by atoms with Crippen molar-refractivity contribution in [1.29, 1.82) is 0 Å². The molecule has 1 aliphatic heterocycles. The van der Waals surface area contributed by atoms with E-state index in [0.29, 0.717) is 38.7 Å². The summed E-state index contributed by atoms with van der Waals surface area (Å²) in [7, 11) is 1.63. The van der Waals surface area contributed by atoms with Gasteiger partial charge in [-0.25, -0.2) is 4.99 Å². The van der Waals surface area contributed by atoms with Crippen molar-refractivity contribution in [2.75, 3.05) is 20.2 Å². The molecule has 0 spiro atoms. The van der Waals surface area contributed by atoms with Crippen LogP contribution in [0.2, 0.25) is 5.02 Å². The van der Waals surface area contributed by atoms with Crippen LogP contribution in [-0.2, 0) is 4.79 Å². The second kappa shape index (κ2) is 10.2. The average molecular weight is 510 g/mol. The summed E-state index contributed by atoms with van der Waals surface area (Å²) < 4.78 is 7.61. The van der Waals surface area contributed by atoms with E-state index in [4.69, 9.17) is 21.3 Å². The Labute approximate surface area is 213 Å². The maximum absolute atomic E-state index is 13.8. The van der Waals surface area contributed by atoms with Gasteiger partial charge in [-0.15, -0.1) is 0 Å². The third-order valence-corrected chi connectivity index (χ3v) is 7.45. The summed E-state index contributed by atoms with van der Waals surface area (Å²) in [6, 6.07) is 12.5. The number of carbonyl (C=O) groups excluding carboxylic acids is 1. The highest BCUT2D eigenvalue weighted by Crippen LogP contribution is 2.31. The van der Waals surface area contributed by atoms with Gasteiger partial charge in [-0.1, -0.05) is 47.2 Å². The van der Waals surface area contributed by atoms with Gasteiger partial charge in [0.05, 0.1) is 29.0 Å². The number of benzene rings is 2. The minimum Gasteiger partial charge on any atom is -0.496 e. The quantitative estimate of drug-likeness (QED) is 0.503. The van der Waals surface area contributed by atoms with E-state index in [0.717, 1.165) is 22.4 Å². The minimum absolute atomic E-state index is 0.117. The van der Waals surface area contributed by atoms with Gasteiger partial charge in [-0.05, 0) is 68.7 Å². The fourth-order valence-electron chi connectivity index (χ4n) is 4.31. The number of halogens is 1. The van der Waals surface area contributed by atoms with Crippen LogP contribution in [0.5, 0.6) is 5.75 Å². The Morgan fingerprint density at radius 2 is 1.86 bits per heavy atom. The Balaban J connectivity index is 1.94. The normalized spacial score (nSPS) is 15.6. The smallest absolute Gasteiger partial charge is 0.271 e. The van der Waals surface area contributed by atoms with Crippen LogP contribution >= 0.6 is 22.9 Å². The van der Waals surface area contributed by atoms with E-state index in [-0.39, 0.29) is 11.5 Å². The molecular weight excluding hydrogens is 482 g/mol. The Morgan fingerprint density at radius 1 is 1.17 bits per heavy atom. The van der Waals surface area contributed by atoms with Crippen molar-refractivity contribution < 1.29 is 9.53 Å².